The number of hydrogen-bond donors (Lipinski definition) is 1. The molecule has 0 saturated carbocycles. The fourth-order valence-corrected chi connectivity index (χ4v) is 1.51. The molecule has 88 valence electrons. The highest BCUT2D eigenvalue weighted by Gasteiger charge is 2.05. The van der Waals surface area contributed by atoms with Crippen LogP contribution in [0.5, 0.6) is 5.75 Å². The molecule has 17 heavy (non-hydrogen) atoms. The van der Waals surface area contributed by atoms with Crippen LogP contribution in [0.3, 0.4) is 0 Å². The van der Waals surface area contributed by atoms with E-state index >= 15 is 0 Å². The molecule has 0 aliphatic carbocycles. The van der Waals surface area contributed by atoms with E-state index in [1.807, 2.05) is 26.1 Å². The molecule has 0 saturated heterocycles. The van der Waals surface area contributed by atoms with E-state index in [0.29, 0.717) is 5.75 Å². The first kappa shape index (κ1) is 11.3. The lowest BCUT2D eigenvalue weighted by Gasteiger charge is -2.06. The van der Waals surface area contributed by atoms with Crippen molar-refractivity contribution in [2.45, 2.75) is 6.92 Å². The maximum absolute atomic E-state index is 5.14. The van der Waals surface area contributed by atoms with Gasteiger partial charge in [-0.15, -0.1) is 0 Å². The van der Waals surface area contributed by atoms with Gasteiger partial charge in [-0.1, -0.05) is 0 Å². The first-order chi connectivity index (χ1) is 8.22. The van der Waals surface area contributed by atoms with Gasteiger partial charge in [0.15, 0.2) is 0 Å². The summed E-state index contributed by atoms with van der Waals surface area (Å²) in [4.78, 5) is 12.7. The van der Waals surface area contributed by atoms with E-state index in [-0.39, 0.29) is 0 Å². The minimum Gasteiger partial charge on any atom is -0.495 e. The fraction of sp³-hybridized carbons (Fsp3) is 0.250. The Morgan fingerprint density at radius 1 is 1.18 bits per heavy atom. The van der Waals surface area contributed by atoms with Crippen LogP contribution in [0.25, 0.3) is 11.3 Å². The average molecular weight is 230 g/mol. The molecule has 0 atom stereocenters. The molecule has 0 unspecified atom stereocenters. The normalized spacial score (nSPS) is 10.1. The van der Waals surface area contributed by atoms with Crippen LogP contribution in [0.15, 0.2) is 24.5 Å². The Hall–Kier alpha value is -2.17. The Balaban J connectivity index is 2.47. The van der Waals surface area contributed by atoms with Crippen LogP contribution in [0.1, 0.15) is 5.82 Å². The molecule has 0 amide bonds. The van der Waals surface area contributed by atoms with E-state index in [2.05, 4.69) is 20.3 Å². The van der Waals surface area contributed by atoms with Crippen molar-refractivity contribution >= 4 is 5.82 Å². The average Bonchev–Trinajstić information content (AvgIpc) is 2.38. The Labute approximate surface area is 99.9 Å². The van der Waals surface area contributed by atoms with Gasteiger partial charge < -0.3 is 10.1 Å². The molecule has 0 fully saturated rings. The van der Waals surface area contributed by atoms with Crippen molar-refractivity contribution in [3.8, 4) is 17.0 Å². The van der Waals surface area contributed by atoms with Crippen LogP contribution >= 0.6 is 0 Å². The predicted molar refractivity (Wildman–Crippen MR) is 66.1 cm³/mol. The number of aryl methyl sites for hydroxylation is 1. The van der Waals surface area contributed by atoms with E-state index in [1.54, 1.807) is 19.5 Å². The maximum atomic E-state index is 5.14. The minimum absolute atomic E-state index is 0.713. The van der Waals surface area contributed by atoms with E-state index < -0.39 is 0 Å². The number of rotatable bonds is 3. The van der Waals surface area contributed by atoms with Crippen molar-refractivity contribution in [2.24, 2.45) is 0 Å². The van der Waals surface area contributed by atoms with E-state index in [4.69, 9.17) is 4.74 Å². The highest BCUT2D eigenvalue weighted by molar-refractivity contribution is 5.62. The largest absolute Gasteiger partial charge is 0.495 e. The van der Waals surface area contributed by atoms with Crippen LogP contribution in [-0.2, 0) is 0 Å². The Kier molecular flexibility index (Phi) is 3.18. The van der Waals surface area contributed by atoms with Gasteiger partial charge in [0.1, 0.15) is 17.4 Å². The smallest absolute Gasteiger partial charge is 0.137 e. The second-order valence-corrected chi connectivity index (χ2v) is 3.55. The molecule has 0 aromatic carbocycles. The number of nitrogens with zero attached hydrogens (tertiary/aromatic N) is 3. The zero-order valence-electron chi connectivity index (χ0n) is 10.1. The maximum Gasteiger partial charge on any atom is 0.137 e. The Morgan fingerprint density at radius 3 is 2.71 bits per heavy atom. The Bertz CT molecular complexity index is 528. The summed E-state index contributed by atoms with van der Waals surface area (Å²) in [5.74, 6) is 2.22. The lowest BCUT2D eigenvalue weighted by Crippen LogP contribution is -1.98. The van der Waals surface area contributed by atoms with E-state index in [0.717, 1.165) is 22.9 Å². The summed E-state index contributed by atoms with van der Waals surface area (Å²) < 4.78 is 5.14. The summed E-state index contributed by atoms with van der Waals surface area (Å²) in [7, 11) is 3.44. The van der Waals surface area contributed by atoms with Gasteiger partial charge in [-0.05, 0) is 13.0 Å². The quantitative estimate of drug-likeness (QED) is 0.872. The SMILES string of the molecule is CNc1cc(-c2cncc(OC)c2)nc(C)n1. The van der Waals surface area contributed by atoms with Crippen molar-refractivity contribution in [1.29, 1.82) is 0 Å². The van der Waals surface area contributed by atoms with Gasteiger partial charge in [-0.2, -0.15) is 0 Å². The molecule has 1 N–H and O–H groups in total. The van der Waals surface area contributed by atoms with Crippen LogP contribution in [0.4, 0.5) is 5.82 Å². The summed E-state index contributed by atoms with van der Waals surface area (Å²) in [5, 5.41) is 3.00. The first-order valence-corrected chi connectivity index (χ1v) is 5.26. The van der Waals surface area contributed by atoms with Crippen LogP contribution < -0.4 is 10.1 Å². The van der Waals surface area contributed by atoms with Crippen molar-refractivity contribution in [1.82, 2.24) is 15.0 Å². The third-order valence-corrected chi connectivity index (χ3v) is 2.34. The highest BCUT2D eigenvalue weighted by atomic mass is 16.5. The molecule has 2 rings (SSSR count). The number of aromatic nitrogens is 3. The molecule has 2 aromatic rings. The fourth-order valence-electron chi connectivity index (χ4n) is 1.51. The lowest BCUT2D eigenvalue weighted by atomic mass is 10.2. The van der Waals surface area contributed by atoms with Crippen LogP contribution in [0, 0.1) is 6.92 Å². The zero-order valence-corrected chi connectivity index (χ0v) is 10.1. The van der Waals surface area contributed by atoms with Gasteiger partial charge in [0.2, 0.25) is 0 Å². The second kappa shape index (κ2) is 4.78. The second-order valence-electron chi connectivity index (χ2n) is 3.55. The lowest BCUT2D eigenvalue weighted by molar-refractivity contribution is 0.413. The first-order valence-electron chi connectivity index (χ1n) is 5.26. The van der Waals surface area contributed by atoms with Crippen molar-refractivity contribution in [2.75, 3.05) is 19.5 Å². The highest BCUT2D eigenvalue weighted by Crippen LogP contribution is 2.22. The number of methoxy groups -OCH3 is 1. The summed E-state index contributed by atoms with van der Waals surface area (Å²) in [6.07, 6.45) is 3.42. The number of nitrogens with one attached hydrogen (secondary N) is 1. The number of anilines is 1. The predicted octanol–water partition coefficient (Wildman–Crippen LogP) is 1.90. The number of ether oxygens (including phenoxy) is 1. The molecule has 5 nitrogen and oxygen atoms in total. The summed E-state index contributed by atoms with van der Waals surface area (Å²) in [5.41, 5.74) is 1.74. The molecular formula is C12H14N4O. The van der Waals surface area contributed by atoms with Gasteiger partial charge in [0.05, 0.1) is 19.0 Å². The topological polar surface area (TPSA) is 59.9 Å². The standard InChI is InChI=1S/C12H14N4O/c1-8-15-11(5-12(13-2)16-8)9-4-10(17-3)7-14-6-9/h4-7H,1-3H3,(H,13,15,16). The molecule has 0 bridgehead atoms. The van der Waals surface area contributed by atoms with Crippen LogP contribution in [0.2, 0.25) is 0 Å². The van der Waals surface area contributed by atoms with Gasteiger partial charge in [-0.3, -0.25) is 4.98 Å². The molecule has 0 radical (unpaired) electrons. The Morgan fingerprint density at radius 2 is 2.00 bits per heavy atom. The van der Waals surface area contributed by atoms with Crippen LogP contribution in [-0.4, -0.2) is 29.1 Å². The molecule has 2 aromatic heterocycles. The molecule has 0 spiro atoms. The zero-order chi connectivity index (χ0) is 12.3. The number of pyridine rings is 1. The van der Waals surface area contributed by atoms with E-state index in [1.165, 1.54) is 0 Å². The van der Waals surface area contributed by atoms with Gasteiger partial charge >= 0.3 is 0 Å². The van der Waals surface area contributed by atoms with Crippen molar-refractivity contribution < 1.29 is 4.74 Å². The van der Waals surface area contributed by atoms with E-state index in [9.17, 15) is 0 Å². The molecule has 5 heteroatoms. The van der Waals surface area contributed by atoms with Gasteiger partial charge in [0.25, 0.3) is 0 Å². The molecule has 0 aliphatic rings. The van der Waals surface area contributed by atoms with Gasteiger partial charge in [-0.25, -0.2) is 9.97 Å². The summed E-state index contributed by atoms with van der Waals surface area (Å²) >= 11 is 0. The third-order valence-electron chi connectivity index (χ3n) is 2.34. The van der Waals surface area contributed by atoms with Gasteiger partial charge in [0, 0.05) is 24.9 Å². The third kappa shape index (κ3) is 2.50. The summed E-state index contributed by atoms with van der Waals surface area (Å²) in [6.45, 7) is 1.86. The molecular weight excluding hydrogens is 216 g/mol. The minimum atomic E-state index is 0.713. The molecule has 0 aliphatic heterocycles. The molecule has 2 heterocycles. The number of hydrogen-bond acceptors (Lipinski definition) is 5. The summed E-state index contributed by atoms with van der Waals surface area (Å²) in [6, 6.07) is 3.78. The van der Waals surface area contributed by atoms with Crippen molar-refractivity contribution in [3.63, 3.8) is 0 Å². The monoisotopic (exact) mass is 230 g/mol. The van der Waals surface area contributed by atoms with Crippen molar-refractivity contribution in [3.05, 3.63) is 30.4 Å².